The lowest BCUT2D eigenvalue weighted by molar-refractivity contribution is 0.293. The number of anilines is 1. The van der Waals surface area contributed by atoms with E-state index in [-0.39, 0.29) is 0 Å². The van der Waals surface area contributed by atoms with Gasteiger partial charge in [-0.05, 0) is 81.9 Å². The summed E-state index contributed by atoms with van der Waals surface area (Å²) in [6.45, 7) is 7.97. The van der Waals surface area contributed by atoms with Crippen LogP contribution in [0, 0.1) is 6.92 Å². The third kappa shape index (κ3) is 7.53. The third-order valence-electron chi connectivity index (χ3n) is 4.52. The molecule has 0 fully saturated rings. The number of aryl methyl sites for hydroxylation is 1. The number of hydrogen-bond donors (Lipinski definition) is 1. The van der Waals surface area contributed by atoms with Crippen LogP contribution in [0.1, 0.15) is 37.5 Å². The Morgan fingerprint density at radius 2 is 1.96 bits per heavy atom. The molecule has 0 spiro atoms. The van der Waals surface area contributed by atoms with Crippen LogP contribution in [-0.2, 0) is 6.54 Å². The predicted octanol–water partition coefficient (Wildman–Crippen LogP) is 5.56. The van der Waals surface area contributed by atoms with Gasteiger partial charge < -0.3 is 19.5 Å². The molecule has 0 amide bonds. The number of nitrogens with zero attached hydrogens (tertiary/aromatic N) is 2. The summed E-state index contributed by atoms with van der Waals surface area (Å²) < 4.78 is 5.53. The zero-order valence-corrected chi connectivity index (χ0v) is 18.1. The zero-order valence-electron chi connectivity index (χ0n) is 16.5. The minimum Gasteiger partial charge on any atom is -0.467 e. The minimum atomic E-state index is 0.650. The Labute approximate surface area is 173 Å². The lowest BCUT2D eigenvalue weighted by Crippen LogP contribution is -2.36. The summed E-state index contributed by atoms with van der Waals surface area (Å²) in [6.07, 6.45) is 5.20. The molecule has 4 nitrogen and oxygen atoms in total. The smallest absolute Gasteiger partial charge is 0.173 e. The molecule has 0 aliphatic heterocycles. The van der Waals surface area contributed by atoms with Crippen LogP contribution < -0.4 is 5.32 Å². The molecule has 0 unspecified atom stereocenters. The number of unbranched alkanes of at least 4 members (excludes halogenated alkanes) is 1. The molecule has 0 aliphatic rings. The van der Waals surface area contributed by atoms with Gasteiger partial charge in [0.2, 0.25) is 0 Å². The van der Waals surface area contributed by atoms with Crippen molar-refractivity contribution in [1.29, 1.82) is 0 Å². The summed E-state index contributed by atoms with van der Waals surface area (Å²) in [5.74, 6) is 0.904. The second kappa shape index (κ2) is 11.3. The first-order valence-electron chi connectivity index (χ1n) is 9.52. The van der Waals surface area contributed by atoms with Gasteiger partial charge in [0.25, 0.3) is 0 Å². The van der Waals surface area contributed by atoms with Gasteiger partial charge in [-0.1, -0.05) is 31.0 Å². The Bertz CT molecular complexity index is 705. The van der Waals surface area contributed by atoms with E-state index in [9.17, 15) is 0 Å². The standard InChI is InChI=1S/C21H30ClN3OS/c1-4-5-11-24(3)12-7-13-25(16-19-8-6-14-26-19)21(27)23-20-15-18(22)10-9-17(20)2/h6,8-10,14-15H,4-5,7,11-13,16H2,1-3H3,(H,23,27). The monoisotopic (exact) mass is 407 g/mol. The van der Waals surface area contributed by atoms with Gasteiger partial charge in [0, 0.05) is 17.3 Å². The normalized spacial score (nSPS) is 11.0. The van der Waals surface area contributed by atoms with Crippen molar-refractivity contribution in [3.05, 3.63) is 52.9 Å². The average Bonchev–Trinajstić information content (AvgIpc) is 3.15. The van der Waals surface area contributed by atoms with Gasteiger partial charge in [0.1, 0.15) is 5.76 Å². The Balaban J connectivity index is 1.98. The SMILES string of the molecule is CCCCN(C)CCCN(Cc1ccco1)C(=S)Nc1cc(Cl)ccc1C. The number of nitrogens with one attached hydrogen (secondary N) is 1. The van der Waals surface area contributed by atoms with Gasteiger partial charge in [-0.2, -0.15) is 0 Å². The highest BCUT2D eigenvalue weighted by Gasteiger charge is 2.13. The summed E-state index contributed by atoms with van der Waals surface area (Å²) in [7, 11) is 2.18. The Morgan fingerprint density at radius 1 is 1.19 bits per heavy atom. The van der Waals surface area contributed by atoms with E-state index < -0.39 is 0 Å². The second-order valence-electron chi connectivity index (χ2n) is 6.90. The molecule has 1 aromatic heterocycles. The van der Waals surface area contributed by atoms with E-state index in [0.29, 0.717) is 16.7 Å². The van der Waals surface area contributed by atoms with E-state index in [4.69, 9.17) is 28.2 Å². The largest absolute Gasteiger partial charge is 0.467 e. The molecule has 148 valence electrons. The molecular weight excluding hydrogens is 378 g/mol. The van der Waals surface area contributed by atoms with Crippen molar-refractivity contribution in [1.82, 2.24) is 9.80 Å². The molecule has 27 heavy (non-hydrogen) atoms. The fourth-order valence-electron chi connectivity index (χ4n) is 2.84. The van der Waals surface area contributed by atoms with Gasteiger partial charge in [0.05, 0.1) is 12.8 Å². The van der Waals surface area contributed by atoms with E-state index in [0.717, 1.165) is 43.1 Å². The van der Waals surface area contributed by atoms with Crippen LogP contribution in [0.4, 0.5) is 5.69 Å². The van der Waals surface area contributed by atoms with Crippen LogP contribution in [0.5, 0.6) is 0 Å². The number of thiocarbonyl (C=S) groups is 1. The first-order chi connectivity index (χ1) is 13.0. The van der Waals surface area contributed by atoms with Crippen LogP contribution in [0.15, 0.2) is 41.0 Å². The predicted molar refractivity (Wildman–Crippen MR) is 119 cm³/mol. The van der Waals surface area contributed by atoms with Crippen molar-refractivity contribution in [2.24, 2.45) is 0 Å². The molecule has 1 N–H and O–H groups in total. The fourth-order valence-corrected chi connectivity index (χ4v) is 3.28. The highest BCUT2D eigenvalue weighted by atomic mass is 35.5. The highest BCUT2D eigenvalue weighted by Crippen LogP contribution is 2.21. The first kappa shape index (κ1) is 21.7. The summed E-state index contributed by atoms with van der Waals surface area (Å²) >= 11 is 11.8. The van der Waals surface area contributed by atoms with Crippen LogP contribution in [0.2, 0.25) is 5.02 Å². The van der Waals surface area contributed by atoms with Crippen LogP contribution in [0.25, 0.3) is 0 Å². The van der Waals surface area contributed by atoms with Gasteiger partial charge in [-0.25, -0.2) is 0 Å². The molecular formula is C21H30ClN3OS. The van der Waals surface area contributed by atoms with Crippen molar-refractivity contribution in [3.8, 4) is 0 Å². The van der Waals surface area contributed by atoms with Gasteiger partial charge in [-0.15, -0.1) is 0 Å². The molecule has 0 aliphatic carbocycles. The summed E-state index contributed by atoms with van der Waals surface area (Å²) in [5.41, 5.74) is 2.05. The van der Waals surface area contributed by atoms with E-state index in [1.165, 1.54) is 12.8 Å². The quantitative estimate of drug-likeness (QED) is 0.521. The number of hydrogen-bond acceptors (Lipinski definition) is 3. The van der Waals surface area contributed by atoms with Gasteiger partial charge in [0.15, 0.2) is 5.11 Å². The topological polar surface area (TPSA) is 31.6 Å². The minimum absolute atomic E-state index is 0.650. The maximum atomic E-state index is 6.14. The molecule has 6 heteroatoms. The summed E-state index contributed by atoms with van der Waals surface area (Å²) in [4.78, 5) is 4.54. The molecule has 2 aromatic rings. The summed E-state index contributed by atoms with van der Waals surface area (Å²) in [5, 5.41) is 4.74. The van der Waals surface area contributed by atoms with Crippen LogP contribution in [0.3, 0.4) is 0 Å². The maximum absolute atomic E-state index is 6.14. The number of rotatable bonds is 10. The molecule has 0 radical (unpaired) electrons. The Hall–Kier alpha value is -1.56. The van der Waals surface area contributed by atoms with Crippen molar-refractivity contribution < 1.29 is 4.42 Å². The lowest BCUT2D eigenvalue weighted by atomic mass is 10.2. The molecule has 1 aromatic carbocycles. The van der Waals surface area contributed by atoms with Crippen molar-refractivity contribution in [2.75, 3.05) is 32.0 Å². The maximum Gasteiger partial charge on any atom is 0.173 e. The van der Waals surface area contributed by atoms with E-state index in [1.807, 2.05) is 37.3 Å². The number of furan rings is 1. The average molecular weight is 408 g/mol. The van der Waals surface area contributed by atoms with Crippen molar-refractivity contribution in [3.63, 3.8) is 0 Å². The molecule has 2 rings (SSSR count). The molecule has 0 saturated heterocycles. The molecule has 0 bridgehead atoms. The van der Waals surface area contributed by atoms with Gasteiger partial charge >= 0.3 is 0 Å². The summed E-state index contributed by atoms with van der Waals surface area (Å²) in [6, 6.07) is 9.68. The van der Waals surface area contributed by atoms with Crippen molar-refractivity contribution in [2.45, 2.75) is 39.7 Å². The molecule has 0 saturated carbocycles. The number of halogens is 1. The number of benzene rings is 1. The van der Waals surface area contributed by atoms with Crippen molar-refractivity contribution >= 4 is 34.6 Å². The Kier molecular flexibility index (Phi) is 9.11. The fraction of sp³-hybridized carbons (Fsp3) is 0.476. The highest BCUT2D eigenvalue weighted by molar-refractivity contribution is 7.80. The molecule has 1 heterocycles. The first-order valence-corrected chi connectivity index (χ1v) is 10.3. The van der Waals surface area contributed by atoms with E-state index in [1.54, 1.807) is 6.26 Å². The molecule has 0 atom stereocenters. The zero-order chi connectivity index (χ0) is 19.6. The Morgan fingerprint density at radius 3 is 2.67 bits per heavy atom. The van der Waals surface area contributed by atoms with Crippen LogP contribution in [-0.4, -0.2) is 41.6 Å². The van der Waals surface area contributed by atoms with E-state index >= 15 is 0 Å². The van der Waals surface area contributed by atoms with Gasteiger partial charge in [-0.3, -0.25) is 0 Å². The third-order valence-corrected chi connectivity index (χ3v) is 5.11. The van der Waals surface area contributed by atoms with Crippen LogP contribution >= 0.6 is 23.8 Å². The van der Waals surface area contributed by atoms with E-state index in [2.05, 4.69) is 29.1 Å². The second-order valence-corrected chi connectivity index (χ2v) is 7.72. The lowest BCUT2D eigenvalue weighted by Gasteiger charge is -2.26.